The van der Waals surface area contributed by atoms with Gasteiger partial charge in [-0.2, -0.15) is 0 Å². The molecule has 1 saturated heterocycles. The first-order chi connectivity index (χ1) is 9.57. The van der Waals surface area contributed by atoms with Crippen LogP contribution in [0.25, 0.3) is 11.7 Å². The normalized spacial score (nSPS) is 23.2. The summed E-state index contributed by atoms with van der Waals surface area (Å²) >= 11 is 0. The fourth-order valence-corrected chi connectivity index (χ4v) is 2.37. The van der Waals surface area contributed by atoms with Crippen molar-refractivity contribution in [2.75, 3.05) is 13.1 Å². The second kappa shape index (κ2) is 4.75. The van der Waals surface area contributed by atoms with Crippen LogP contribution in [0.1, 0.15) is 19.2 Å². The predicted molar refractivity (Wildman–Crippen MR) is 67.6 cm³/mol. The van der Waals surface area contributed by atoms with E-state index < -0.39 is 11.4 Å². The number of nitrogens with zero attached hydrogens (tertiary/aromatic N) is 3. The lowest BCUT2D eigenvalue weighted by Crippen LogP contribution is -2.31. The van der Waals surface area contributed by atoms with Crippen LogP contribution in [0, 0.1) is 5.41 Å². The molecule has 2 aromatic rings. The lowest BCUT2D eigenvalue weighted by molar-refractivity contribution is -0.147. The molecular weight excluding hydrogens is 262 g/mol. The molecule has 0 saturated carbocycles. The minimum Gasteiger partial charge on any atom is -0.481 e. The molecule has 2 aromatic heterocycles. The quantitative estimate of drug-likeness (QED) is 0.907. The van der Waals surface area contributed by atoms with Crippen LogP contribution in [0.3, 0.4) is 0 Å². The Morgan fingerprint density at radius 2 is 2.40 bits per heavy atom. The molecule has 0 radical (unpaired) electrons. The predicted octanol–water partition coefficient (Wildman–Crippen LogP) is 1.63. The third-order valence-corrected chi connectivity index (χ3v) is 3.63. The van der Waals surface area contributed by atoms with Crippen LogP contribution in [0.4, 0.5) is 0 Å². The van der Waals surface area contributed by atoms with Gasteiger partial charge in [0.05, 0.1) is 18.2 Å². The second-order valence-electron chi connectivity index (χ2n) is 5.30. The van der Waals surface area contributed by atoms with Gasteiger partial charge in [-0.1, -0.05) is 0 Å². The van der Waals surface area contributed by atoms with Crippen LogP contribution in [-0.2, 0) is 11.3 Å². The van der Waals surface area contributed by atoms with Crippen LogP contribution in [0.15, 0.2) is 27.2 Å². The van der Waals surface area contributed by atoms with E-state index in [1.54, 1.807) is 19.1 Å². The van der Waals surface area contributed by atoms with Crippen molar-refractivity contribution < 1.29 is 18.7 Å². The summed E-state index contributed by atoms with van der Waals surface area (Å²) in [6, 6.07) is 3.49. The van der Waals surface area contributed by atoms with E-state index in [4.69, 9.17) is 8.83 Å². The van der Waals surface area contributed by atoms with Crippen LogP contribution >= 0.6 is 0 Å². The number of furan rings is 1. The maximum Gasteiger partial charge on any atom is 0.310 e. The number of carboxylic acids is 1. The van der Waals surface area contributed by atoms with Gasteiger partial charge in [0.25, 0.3) is 5.89 Å². The Labute approximate surface area is 115 Å². The van der Waals surface area contributed by atoms with E-state index in [1.807, 2.05) is 4.90 Å². The molecule has 1 unspecified atom stereocenters. The molecule has 7 nitrogen and oxygen atoms in total. The monoisotopic (exact) mass is 277 g/mol. The summed E-state index contributed by atoms with van der Waals surface area (Å²) in [5.41, 5.74) is -0.691. The molecule has 3 heterocycles. The standard InChI is InChI=1S/C13H15N3O4/c1-13(12(17)18)4-5-16(8-13)7-10-14-15-11(20-10)9-3-2-6-19-9/h2-3,6H,4-5,7-8H2,1H3,(H,17,18). The highest BCUT2D eigenvalue weighted by atomic mass is 16.4. The molecule has 0 spiro atoms. The summed E-state index contributed by atoms with van der Waals surface area (Å²) in [5.74, 6) is 0.568. The highest BCUT2D eigenvalue weighted by Gasteiger charge is 2.40. The second-order valence-corrected chi connectivity index (χ2v) is 5.30. The van der Waals surface area contributed by atoms with Crippen molar-refractivity contribution in [2.45, 2.75) is 19.9 Å². The van der Waals surface area contributed by atoms with Gasteiger partial charge in [-0.05, 0) is 32.0 Å². The van der Waals surface area contributed by atoms with E-state index in [1.165, 1.54) is 6.26 Å². The van der Waals surface area contributed by atoms with Crippen LogP contribution < -0.4 is 0 Å². The molecule has 1 aliphatic heterocycles. The van der Waals surface area contributed by atoms with Gasteiger partial charge in [-0.15, -0.1) is 10.2 Å². The first-order valence-electron chi connectivity index (χ1n) is 6.39. The van der Waals surface area contributed by atoms with E-state index in [0.29, 0.717) is 43.6 Å². The number of rotatable bonds is 4. The lowest BCUT2D eigenvalue weighted by Gasteiger charge is -2.18. The number of hydrogen-bond donors (Lipinski definition) is 1. The Balaban J connectivity index is 1.66. The summed E-state index contributed by atoms with van der Waals surface area (Å²) in [4.78, 5) is 13.2. The molecule has 3 rings (SSSR count). The SMILES string of the molecule is CC1(C(=O)O)CCN(Cc2nnc(-c3ccco3)o2)C1. The van der Waals surface area contributed by atoms with Crippen molar-refractivity contribution in [3.8, 4) is 11.7 Å². The maximum absolute atomic E-state index is 11.2. The largest absolute Gasteiger partial charge is 0.481 e. The molecule has 1 fully saturated rings. The zero-order chi connectivity index (χ0) is 14.2. The zero-order valence-electron chi connectivity index (χ0n) is 11.1. The summed E-state index contributed by atoms with van der Waals surface area (Å²) < 4.78 is 10.7. The van der Waals surface area contributed by atoms with Gasteiger partial charge >= 0.3 is 5.97 Å². The van der Waals surface area contributed by atoms with Crippen molar-refractivity contribution in [3.05, 3.63) is 24.3 Å². The van der Waals surface area contributed by atoms with Crippen LogP contribution in [-0.4, -0.2) is 39.3 Å². The molecule has 1 N–H and O–H groups in total. The molecule has 0 amide bonds. The number of aromatic nitrogens is 2. The van der Waals surface area contributed by atoms with E-state index in [0.717, 1.165) is 0 Å². The average Bonchev–Trinajstić information content (AvgIpc) is 3.10. The van der Waals surface area contributed by atoms with Gasteiger partial charge in [-0.3, -0.25) is 9.69 Å². The van der Waals surface area contributed by atoms with Gasteiger partial charge in [0.15, 0.2) is 5.76 Å². The van der Waals surface area contributed by atoms with Crippen molar-refractivity contribution >= 4 is 5.97 Å². The Morgan fingerprint density at radius 1 is 1.55 bits per heavy atom. The van der Waals surface area contributed by atoms with Crippen LogP contribution in [0.5, 0.6) is 0 Å². The highest BCUT2D eigenvalue weighted by Crippen LogP contribution is 2.31. The third-order valence-electron chi connectivity index (χ3n) is 3.63. The summed E-state index contributed by atoms with van der Waals surface area (Å²) in [5, 5.41) is 17.1. The first kappa shape index (κ1) is 12.9. The zero-order valence-corrected chi connectivity index (χ0v) is 11.1. The number of aliphatic carboxylic acids is 1. The Bertz CT molecular complexity index is 607. The fourth-order valence-electron chi connectivity index (χ4n) is 2.37. The molecule has 0 aromatic carbocycles. The molecule has 20 heavy (non-hydrogen) atoms. The molecule has 7 heteroatoms. The molecule has 0 aliphatic carbocycles. The van der Waals surface area contributed by atoms with E-state index in [-0.39, 0.29) is 0 Å². The van der Waals surface area contributed by atoms with E-state index >= 15 is 0 Å². The smallest absolute Gasteiger partial charge is 0.310 e. The summed E-state index contributed by atoms with van der Waals surface area (Å²) in [6.07, 6.45) is 2.17. The van der Waals surface area contributed by atoms with Crippen molar-refractivity contribution in [3.63, 3.8) is 0 Å². The molecule has 106 valence electrons. The van der Waals surface area contributed by atoms with Crippen molar-refractivity contribution in [1.29, 1.82) is 0 Å². The average molecular weight is 277 g/mol. The van der Waals surface area contributed by atoms with Crippen molar-refractivity contribution in [1.82, 2.24) is 15.1 Å². The minimum atomic E-state index is -0.762. The topological polar surface area (TPSA) is 92.6 Å². The van der Waals surface area contributed by atoms with Gasteiger partial charge < -0.3 is 13.9 Å². The number of likely N-dealkylation sites (tertiary alicyclic amines) is 1. The number of carboxylic acid groups (broad SMARTS) is 1. The van der Waals surface area contributed by atoms with Gasteiger partial charge in [0.1, 0.15) is 0 Å². The molecule has 0 bridgehead atoms. The minimum absolute atomic E-state index is 0.338. The van der Waals surface area contributed by atoms with Gasteiger partial charge in [0.2, 0.25) is 5.89 Å². The summed E-state index contributed by atoms with van der Waals surface area (Å²) in [7, 11) is 0. The fraction of sp³-hybridized carbons (Fsp3) is 0.462. The first-order valence-corrected chi connectivity index (χ1v) is 6.39. The number of carbonyl (C=O) groups is 1. The van der Waals surface area contributed by atoms with Gasteiger partial charge in [-0.25, -0.2) is 0 Å². The maximum atomic E-state index is 11.2. The number of hydrogen-bond acceptors (Lipinski definition) is 6. The van der Waals surface area contributed by atoms with Crippen LogP contribution in [0.2, 0.25) is 0 Å². The molecular formula is C13H15N3O4. The Morgan fingerprint density at radius 3 is 3.05 bits per heavy atom. The van der Waals surface area contributed by atoms with Gasteiger partial charge in [0, 0.05) is 6.54 Å². The summed E-state index contributed by atoms with van der Waals surface area (Å²) in [6.45, 7) is 3.41. The highest BCUT2D eigenvalue weighted by molar-refractivity contribution is 5.74. The molecule has 1 aliphatic rings. The Kier molecular flexibility index (Phi) is 3.06. The Hall–Kier alpha value is -2.15. The van der Waals surface area contributed by atoms with Crippen molar-refractivity contribution in [2.24, 2.45) is 5.41 Å². The lowest BCUT2D eigenvalue weighted by atomic mass is 9.90. The molecule has 1 atom stereocenters. The van der Waals surface area contributed by atoms with E-state index in [2.05, 4.69) is 10.2 Å². The van der Waals surface area contributed by atoms with E-state index in [9.17, 15) is 9.90 Å². The third kappa shape index (κ3) is 2.32.